The number of nitrogens with one attached hydrogen (secondary N) is 1. The normalized spacial score (nSPS) is 13.6. The molecule has 1 aromatic carbocycles. The number of sulfone groups is 1. The van der Waals surface area contributed by atoms with Gasteiger partial charge in [-0.25, -0.2) is 12.8 Å². The minimum atomic E-state index is -3.06. The fourth-order valence-corrected chi connectivity index (χ4v) is 2.69. The van der Waals surface area contributed by atoms with E-state index in [0.717, 1.165) is 5.56 Å². The third-order valence-electron chi connectivity index (χ3n) is 2.38. The average Bonchev–Trinajstić information content (AvgIpc) is 2.20. The Hall–Kier alpha value is -0.650. The van der Waals surface area contributed by atoms with E-state index in [2.05, 4.69) is 5.32 Å². The van der Waals surface area contributed by atoms with Crippen molar-refractivity contribution in [2.24, 2.45) is 0 Å². The molecule has 0 radical (unpaired) electrons. The van der Waals surface area contributed by atoms with Crippen LogP contribution in [0.3, 0.4) is 0 Å². The molecule has 0 fully saturated rings. The molecule has 1 atom stereocenters. The number of halogens is 2. The van der Waals surface area contributed by atoms with Gasteiger partial charge in [-0.15, -0.1) is 0 Å². The molecule has 0 heterocycles. The second kappa shape index (κ2) is 5.80. The molecule has 0 aromatic heterocycles. The quantitative estimate of drug-likeness (QED) is 0.892. The summed E-state index contributed by atoms with van der Waals surface area (Å²) >= 11 is 5.57. The summed E-state index contributed by atoms with van der Waals surface area (Å²) < 4.78 is 35.6. The lowest BCUT2D eigenvalue weighted by Gasteiger charge is -2.15. The second-order valence-corrected chi connectivity index (χ2v) is 6.62. The molecule has 17 heavy (non-hydrogen) atoms. The highest BCUT2D eigenvalue weighted by molar-refractivity contribution is 7.90. The van der Waals surface area contributed by atoms with Crippen molar-refractivity contribution in [1.29, 1.82) is 0 Å². The average molecular weight is 280 g/mol. The van der Waals surface area contributed by atoms with Crippen molar-refractivity contribution in [3.8, 4) is 0 Å². The van der Waals surface area contributed by atoms with Gasteiger partial charge in [0.15, 0.2) is 0 Å². The van der Waals surface area contributed by atoms with E-state index in [9.17, 15) is 12.8 Å². The van der Waals surface area contributed by atoms with Crippen molar-refractivity contribution in [2.45, 2.75) is 12.5 Å². The van der Waals surface area contributed by atoms with Gasteiger partial charge in [-0.1, -0.05) is 17.7 Å². The van der Waals surface area contributed by atoms with Crippen LogP contribution in [0, 0.1) is 5.82 Å². The molecule has 0 spiro atoms. The van der Waals surface area contributed by atoms with Crippen LogP contribution < -0.4 is 5.32 Å². The Kier molecular flexibility index (Phi) is 4.91. The molecule has 1 N–H and O–H groups in total. The van der Waals surface area contributed by atoms with Crippen LogP contribution in [0.15, 0.2) is 18.2 Å². The SMILES string of the molecule is CNC(Cc1ccc(Cl)c(F)c1)CS(C)(=O)=O. The van der Waals surface area contributed by atoms with Crippen LogP contribution >= 0.6 is 11.6 Å². The molecular weight excluding hydrogens is 265 g/mol. The van der Waals surface area contributed by atoms with Crippen LogP contribution in [0.2, 0.25) is 5.02 Å². The van der Waals surface area contributed by atoms with E-state index < -0.39 is 15.7 Å². The summed E-state index contributed by atoms with van der Waals surface area (Å²) in [5, 5.41) is 2.97. The smallest absolute Gasteiger partial charge is 0.148 e. The highest BCUT2D eigenvalue weighted by Gasteiger charge is 2.14. The number of hydrogen-bond donors (Lipinski definition) is 1. The van der Waals surface area contributed by atoms with Gasteiger partial charge >= 0.3 is 0 Å². The van der Waals surface area contributed by atoms with Gasteiger partial charge in [-0.3, -0.25) is 0 Å². The standard InChI is InChI=1S/C11H15ClFNO2S/c1-14-9(7-17(2,15)16)5-8-3-4-10(12)11(13)6-8/h3-4,6,9,14H,5,7H2,1-2H3. The predicted octanol–water partition coefficient (Wildman–Crippen LogP) is 1.65. The van der Waals surface area contributed by atoms with Gasteiger partial charge < -0.3 is 5.32 Å². The lowest BCUT2D eigenvalue weighted by atomic mass is 10.1. The van der Waals surface area contributed by atoms with Gasteiger partial charge in [0, 0.05) is 12.3 Å². The fraction of sp³-hybridized carbons (Fsp3) is 0.455. The molecule has 0 aliphatic carbocycles. The number of likely N-dealkylation sites (N-methyl/N-ethyl adjacent to an activating group) is 1. The maximum Gasteiger partial charge on any atom is 0.148 e. The molecular formula is C11H15ClFNO2S. The van der Waals surface area contributed by atoms with Crippen molar-refractivity contribution in [3.63, 3.8) is 0 Å². The summed E-state index contributed by atoms with van der Waals surface area (Å²) in [4.78, 5) is 0. The maximum atomic E-state index is 13.2. The van der Waals surface area contributed by atoms with E-state index in [1.165, 1.54) is 18.4 Å². The second-order valence-electron chi connectivity index (χ2n) is 4.03. The highest BCUT2D eigenvalue weighted by atomic mass is 35.5. The number of hydrogen-bond acceptors (Lipinski definition) is 3. The van der Waals surface area contributed by atoms with E-state index in [4.69, 9.17) is 11.6 Å². The predicted molar refractivity (Wildman–Crippen MR) is 67.7 cm³/mol. The van der Waals surface area contributed by atoms with Gasteiger partial charge in [0.25, 0.3) is 0 Å². The number of benzene rings is 1. The molecule has 96 valence electrons. The Labute approximate surface area is 106 Å². The first-order chi connectivity index (χ1) is 7.81. The Bertz CT molecular complexity index is 490. The van der Waals surface area contributed by atoms with E-state index in [1.54, 1.807) is 13.1 Å². The topological polar surface area (TPSA) is 46.2 Å². The van der Waals surface area contributed by atoms with Gasteiger partial charge in [0.2, 0.25) is 0 Å². The molecule has 1 unspecified atom stereocenters. The largest absolute Gasteiger partial charge is 0.316 e. The van der Waals surface area contributed by atoms with E-state index >= 15 is 0 Å². The van der Waals surface area contributed by atoms with Crippen molar-refractivity contribution >= 4 is 21.4 Å². The van der Waals surface area contributed by atoms with Crippen molar-refractivity contribution in [2.75, 3.05) is 19.1 Å². The van der Waals surface area contributed by atoms with Crippen LogP contribution in [0.25, 0.3) is 0 Å². The van der Waals surface area contributed by atoms with Crippen LogP contribution in [0.1, 0.15) is 5.56 Å². The minimum absolute atomic E-state index is 0.0216. The Morgan fingerprint density at radius 1 is 1.47 bits per heavy atom. The van der Waals surface area contributed by atoms with Crippen molar-refractivity contribution < 1.29 is 12.8 Å². The Morgan fingerprint density at radius 2 is 2.12 bits per heavy atom. The molecule has 3 nitrogen and oxygen atoms in total. The van der Waals surface area contributed by atoms with Crippen LogP contribution in [0.5, 0.6) is 0 Å². The Balaban J connectivity index is 2.77. The molecule has 0 aliphatic heterocycles. The van der Waals surface area contributed by atoms with Crippen molar-refractivity contribution in [1.82, 2.24) is 5.32 Å². The molecule has 0 amide bonds. The fourth-order valence-electron chi connectivity index (χ4n) is 1.56. The van der Waals surface area contributed by atoms with Crippen LogP contribution in [-0.4, -0.2) is 33.5 Å². The molecule has 1 aromatic rings. The molecule has 0 bridgehead atoms. The minimum Gasteiger partial charge on any atom is -0.316 e. The molecule has 0 aliphatic rings. The summed E-state index contributed by atoms with van der Waals surface area (Å²) in [5.41, 5.74) is 0.718. The van der Waals surface area contributed by atoms with Gasteiger partial charge in [-0.05, 0) is 31.2 Å². The van der Waals surface area contributed by atoms with Crippen molar-refractivity contribution in [3.05, 3.63) is 34.6 Å². The monoisotopic (exact) mass is 279 g/mol. The van der Waals surface area contributed by atoms with E-state index in [-0.39, 0.29) is 16.8 Å². The van der Waals surface area contributed by atoms with Gasteiger partial charge in [0.05, 0.1) is 10.8 Å². The van der Waals surface area contributed by atoms with E-state index in [1.807, 2.05) is 0 Å². The first-order valence-corrected chi connectivity index (χ1v) is 7.54. The first kappa shape index (κ1) is 14.4. The van der Waals surface area contributed by atoms with Gasteiger partial charge in [0.1, 0.15) is 15.7 Å². The zero-order chi connectivity index (χ0) is 13.1. The summed E-state index contributed by atoms with van der Waals surface area (Å²) in [5.74, 6) is -0.466. The lowest BCUT2D eigenvalue weighted by Crippen LogP contribution is -2.34. The van der Waals surface area contributed by atoms with Gasteiger partial charge in [-0.2, -0.15) is 0 Å². The zero-order valence-corrected chi connectivity index (χ0v) is 11.3. The molecule has 0 saturated heterocycles. The third-order valence-corrected chi connectivity index (χ3v) is 3.69. The van der Waals surface area contributed by atoms with Crippen LogP contribution in [-0.2, 0) is 16.3 Å². The summed E-state index contributed by atoms with van der Waals surface area (Å²) in [6.45, 7) is 0. The summed E-state index contributed by atoms with van der Waals surface area (Å²) in [6, 6.07) is 4.26. The Morgan fingerprint density at radius 3 is 2.59 bits per heavy atom. The summed E-state index contributed by atoms with van der Waals surface area (Å²) in [7, 11) is -1.37. The summed E-state index contributed by atoms with van der Waals surface area (Å²) in [6.07, 6.45) is 1.62. The molecule has 6 heteroatoms. The zero-order valence-electron chi connectivity index (χ0n) is 9.70. The first-order valence-electron chi connectivity index (χ1n) is 5.10. The van der Waals surface area contributed by atoms with E-state index in [0.29, 0.717) is 6.42 Å². The maximum absolute atomic E-state index is 13.2. The third kappa shape index (κ3) is 5.02. The number of rotatable bonds is 5. The lowest BCUT2D eigenvalue weighted by molar-refractivity contribution is 0.565. The van der Waals surface area contributed by atoms with Crippen LogP contribution in [0.4, 0.5) is 4.39 Å². The molecule has 1 rings (SSSR count). The molecule has 0 saturated carbocycles. The highest BCUT2D eigenvalue weighted by Crippen LogP contribution is 2.16.